The largest absolute Gasteiger partial charge is 0.464 e. The monoisotopic (exact) mass is 298 g/mol. The molecule has 0 atom stereocenters. The number of furan rings is 1. The highest BCUT2D eigenvalue weighted by atomic mass is 35.5. The highest BCUT2D eigenvalue weighted by molar-refractivity contribution is 6.30. The van der Waals surface area contributed by atoms with E-state index in [1.165, 1.54) is 0 Å². The lowest BCUT2D eigenvalue weighted by Crippen LogP contribution is -2.09. The first kappa shape index (κ1) is 13.5. The molecule has 3 rings (SSSR count). The second kappa shape index (κ2) is 5.85. The van der Waals surface area contributed by atoms with Crippen molar-refractivity contribution in [3.05, 3.63) is 77.5 Å². The highest BCUT2D eigenvalue weighted by Crippen LogP contribution is 2.25. The molecule has 0 saturated carbocycles. The number of hydrogen-bond donors (Lipinski definition) is 0. The van der Waals surface area contributed by atoms with Crippen molar-refractivity contribution < 1.29 is 13.9 Å². The SMILES string of the molecule is O=C(Oc1ccc(Cl)cc1)c1ccccc1-c1ccco1. The van der Waals surface area contributed by atoms with Gasteiger partial charge < -0.3 is 9.15 Å². The van der Waals surface area contributed by atoms with E-state index in [-0.39, 0.29) is 0 Å². The Bertz CT molecular complexity index is 746. The summed E-state index contributed by atoms with van der Waals surface area (Å²) in [6.07, 6.45) is 1.57. The van der Waals surface area contributed by atoms with Gasteiger partial charge in [-0.25, -0.2) is 4.79 Å². The molecule has 4 heteroatoms. The molecule has 0 spiro atoms. The molecule has 0 fully saturated rings. The maximum Gasteiger partial charge on any atom is 0.344 e. The highest BCUT2D eigenvalue weighted by Gasteiger charge is 2.16. The number of carbonyl (C=O) groups excluding carboxylic acids is 1. The fourth-order valence-electron chi connectivity index (χ4n) is 1.97. The fourth-order valence-corrected chi connectivity index (χ4v) is 2.10. The zero-order valence-electron chi connectivity index (χ0n) is 11.0. The van der Waals surface area contributed by atoms with E-state index in [4.69, 9.17) is 20.8 Å². The van der Waals surface area contributed by atoms with E-state index in [9.17, 15) is 4.79 Å². The normalized spacial score (nSPS) is 10.3. The van der Waals surface area contributed by atoms with Crippen molar-refractivity contribution in [3.8, 4) is 17.1 Å². The molecule has 0 amide bonds. The van der Waals surface area contributed by atoms with Crippen LogP contribution < -0.4 is 4.74 Å². The quantitative estimate of drug-likeness (QED) is 0.514. The maximum absolute atomic E-state index is 12.3. The maximum atomic E-state index is 12.3. The van der Waals surface area contributed by atoms with Crippen LogP contribution in [0.5, 0.6) is 5.75 Å². The molecule has 3 nitrogen and oxygen atoms in total. The van der Waals surface area contributed by atoms with Crippen LogP contribution in [0, 0.1) is 0 Å². The lowest BCUT2D eigenvalue weighted by atomic mass is 10.1. The van der Waals surface area contributed by atoms with E-state index < -0.39 is 5.97 Å². The zero-order valence-corrected chi connectivity index (χ0v) is 11.7. The molecule has 1 heterocycles. The van der Waals surface area contributed by atoms with E-state index in [0.29, 0.717) is 27.7 Å². The van der Waals surface area contributed by atoms with Gasteiger partial charge in [0, 0.05) is 10.6 Å². The van der Waals surface area contributed by atoms with Crippen molar-refractivity contribution in [2.24, 2.45) is 0 Å². The lowest BCUT2D eigenvalue weighted by Gasteiger charge is -2.07. The van der Waals surface area contributed by atoms with Gasteiger partial charge in [0.05, 0.1) is 11.8 Å². The molecule has 0 aliphatic rings. The second-order valence-electron chi connectivity index (χ2n) is 4.37. The van der Waals surface area contributed by atoms with Crippen molar-refractivity contribution in [2.75, 3.05) is 0 Å². The Kier molecular flexibility index (Phi) is 3.75. The van der Waals surface area contributed by atoms with Gasteiger partial charge >= 0.3 is 5.97 Å². The number of benzene rings is 2. The van der Waals surface area contributed by atoms with E-state index in [1.807, 2.05) is 12.1 Å². The Morgan fingerprint density at radius 2 is 1.71 bits per heavy atom. The van der Waals surface area contributed by atoms with Gasteiger partial charge in [-0.05, 0) is 42.5 Å². The Morgan fingerprint density at radius 1 is 0.952 bits per heavy atom. The van der Waals surface area contributed by atoms with Crippen LogP contribution in [0.4, 0.5) is 0 Å². The van der Waals surface area contributed by atoms with Gasteiger partial charge in [-0.15, -0.1) is 0 Å². The second-order valence-corrected chi connectivity index (χ2v) is 4.80. The molecule has 0 aliphatic carbocycles. The van der Waals surface area contributed by atoms with Gasteiger partial charge in [-0.3, -0.25) is 0 Å². The van der Waals surface area contributed by atoms with Crippen molar-refractivity contribution in [2.45, 2.75) is 0 Å². The van der Waals surface area contributed by atoms with E-state index in [2.05, 4.69) is 0 Å². The molecule has 0 aliphatic heterocycles. The fraction of sp³-hybridized carbons (Fsp3) is 0. The smallest absolute Gasteiger partial charge is 0.344 e. The predicted molar refractivity (Wildman–Crippen MR) is 80.6 cm³/mol. The van der Waals surface area contributed by atoms with Gasteiger partial charge in [0.2, 0.25) is 0 Å². The molecule has 0 N–H and O–H groups in total. The minimum absolute atomic E-state index is 0.440. The molecule has 3 aromatic rings. The zero-order chi connectivity index (χ0) is 14.7. The summed E-state index contributed by atoms with van der Waals surface area (Å²) in [4.78, 5) is 12.3. The van der Waals surface area contributed by atoms with Crippen molar-refractivity contribution in [1.29, 1.82) is 0 Å². The van der Waals surface area contributed by atoms with Crippen LogP contribution in [0.15, 0.2) is 71.3 Å². The van der Waals surface area contributed by atoms with E-state index >= 15 is 0 Å². The van der Waals surface area contributed by atoms with Crippen LogP contribution in [0.2, 0.25) is 5.02 Å². The van der Waals surface area contributed by atoms with Crippen LogP contribution in [-0.4, -0.2) is 5.97 Å². The lowest BCUT2D eigenvalue weighted by molar-refractivity contribution is 0.0735. The van der Waals surface area contributed by atoms with Gasteiger partial charge in [0.15, 0.2) is 0 Å². The number of halogens is 1. The number of rotatable bonds is 3. The number of hydrogen-bond acceptors (Lipinski definition) is 3. The first-order valence-corrected chi connectivity index (χ1v) is 6.72. The van der Waals surface area contributed by atoms with Gasteiger partial charge in [-0.1, -0.05) is 29.8 Å². The third kappa shape index (κ3) is 2.98. The summed E-state index contributed by atoms with van der Waals surface area (Å²) in [5, 5.41) is 0.589. The number of esters is 1. The van der Waals surface area contributed by atoms with Crippen molar-refractivity contribution >= 4 is 17.6 Å². The first-order valence-electron chi connectivity index (χ1n) is 6.35. The molecule has 0 radical (unpaired) electrons. The third-order valence-electron chi connectivity index (χ3n) is 2.96. The molecular weight excluding hydrogens is 288 g/mol. The molecule has 2 aromatic carbocycles. The number of carbonyl (C=O) groups is 1. The van der Waals surface area contributed by atoms with Crippen LogP contribution in [0.25, 0.3) is 11.3 Å². The minimum atomic E-state index is -0.440. The predicted octanol–water partition coefficient (Wildman–Crippen LogP) is 4.82. The van der Waals surface area contributed by atoms with Gasteiger partial charge in [0.1, 0.15) is 11.5 Å². The van der Waals surface area contributed by atoms with E-state index in [0.717, 1.165) is 0 Å². The summed E-state index contributed by atoms with van der Waals surface area (Å²) in [6, 6.07) is 17.4. The molecule has 1 aromatic heterocycles. The summed E-state index contributed by atoms with van der Waals surface area (Å²) < 4.78 is 10.7. The summed E-state index contributed by atoms with van der Waals surface area (Å²) in [5.41, 5.74) is 1.14. The van der Waals surface area contributed by atoms with E-state index in [1.54, 1.807) is 54.8 Å². The van der Waals surface area contributed by atoms with Crippen LogP contribution >= 0.6 is 11.6 Å². The van der Waals surface area contributed by atoms with Crippen LogP contribution in [0.1, 0.15) is 10.4 Å². The standard InChI is InChI=1S/C17H11ClO3/c18-12-7-9-13(10-8-12)21-17(19)15-5-2-1-4-14(15)16-6-3-11-20-16/h1-11H. The Morgan fingerprint density at radius 3 is 2.43 bits per heavy atom. The third-order valence-corrected chi connectivity index (χ3v) is 3.21. The first-order chi connectivity index (χ1) is 10.2. The molecule has 21 heavy (non-hydrogen) atoms. The summed E-state index contributed by atoms with van der Waals surface area (Å²) in [7, 11) is 0. The summed E-state index contributed by atoms with van der Waals surface area (Å²) in [6.45, 7) is 0. The topological polar surface area (TPSA) is 39.4 Å². The molecule has 0 bridgehead atoms. The summed E-state index contributed by atoms with van der Waals surface area (Å²) >= 11 is 5.81. The summed E-state index contributed by atoms with van der Waals surface area (Å²) in [5.74, 6) is 0.627. The minimum Gasteiger partial charge on any atom is -0.464 e. The molecule has 0 saturated heterocycles. The number of ether oxygens (including phenoxy) is 1. The van der Waals surface area contributed by atoms with Gasteiger partial charge in [-0.2, -0.15) is 0 Å². The Hall–Kier alpha value is -2.52. The van der Waals surface area contributed by atoms with Crippen molar-refractivity contribution in [3.63, 3.8) is 0 Å². The van der Waals surface area contributed by atoms with Crippen LogP contribution in [0.3, 0.4) is 0 Å². The molecule has 104 valence electrons. The average molecular weight is 299 g/mol. The van der Waals surface area contributed by atoms with Gasteiger partial charge in [0.25, 0.3) is 0 Å². The molecular formula is C17H11ClO3. The average Bonchev–Trinajstić information content (AvgIpc) is 3.04. The molecule has 0 unspecified atom stereocenters. The Balaban J connectivity index is 1.90. The Labute approximate surface area is 126 Å². The van der Waals surface area contributed by atoms with Crippen LogP contribution in [-0.2, 0) is 0 Å². The van der Waals surface area contributed by atoms with Crippen molar-refractivity contribution in [1.82, 2.24) is 0 Å².